The first-order valence-corrected chi connectivity index (χ1v) is 16.8. The van der Waals surface area contributed by atoms with E-state index in [9.17, 15) is 24.3 Å². The SMILES string of the molecule is COC(=O)N[C@@H](C(=O)N[C@H](Cc1ccccc1)[C@H](O)CN(Cc1ccc(-c2ccccn2)cc1)NC(=O)[C@H](NC(=O)OC)C(C)(C)C)C(C)(C)C. The quantitative estimate of drug-likeness (QED) is 0.154. The third-order valence-electron chi connectivity index (χ3n) is 8.21. The van der Waals surface area contributed by atoms with Gasteiger partial charge in [0.1, 0.15) is 12.1 Å². The average Bonchev–Trinajstić information content (AvgIpc) is 3.08. The molecule has 13 heteroatoms. The number of alkyl carbamates (subject to hydrolysis) is 2. The Morgan fingerprint density at radius 3 is 1.78 bits per heavy atom. The van der Waals surface area contributed by atoms with Crippen molar-refractivity contribution >= 4 is 24.0 Å². The summed E-state index contributed by atoms with van der Waals surface area (Å²) in [7, 11) is 2.44. The number of nitrogens with zero attached hydrogens (tertiary/aromatic N) is 2. The van der Waals surface area contributed by atoms with Gasteiger partial charge in [-0.3, -0.25) is 20.0 Å². The van der Waals surface area contributed by atoms with Gasteiger partial charge in [0.2, 0.25) is 5.91 Å². The third-order valence-corrected chi connectivity index (χ3v) is 8.21. The zero-order valence-corrected chi connectivity index (χ0v) is 30.7. The van der Waals surface area contributed by atoms with Gasteiger partial charge in [-0.25, -0.2) is 14.6 Å². The standard InChI is InChI=1S/C38H52N6O7/c1-37(2,3)31(41-35(48)50-7)33(46)40-29(22-25-14-10-9-11-15-25)30(45)24-44(43-34(47)32(38(4,5)6)42-36(49)51-8)23-26-17-19-27(20-18-26)28-16-12-13-21-39-28/h9-21,29-32,45H,22-24H2,1-8H3,(H,40,46)(H,41,48)(H,42,49)(H,43,47)/t29-,30-,31+,32+/m1/s1. The zero-order valence-electron chi connectivity index (χ0n) is 30.7. The lowest BCUT2D eigenvalue weighted by Crippen LogP contribution is -2.60. The predicted octanol–water partition coefficient (Wildman–Crippen LogP) is 4.21. The van der Waals surface area contributed by atoms with Gasteiger partial charge in [-0.15, -0.1) is 0 Å². The first-order chi connectivity index (χ1) is 24.0. The molecule has 51 heavy (non-hydrogen) atoms. The summed E-state index contributed by atoms with van der Waals surface area (Å²) in [6, 6.07) is 19.8. The van der Waals surface area contributed by atoms with Crippen molar-refractivity contribution in [3.8, 4) is 11.3 Å². The Bertz CT molecular complexity index is 1570. The summed E-state index contributed by atoms with van der Waals surface area (Å²) in [5.41, 5.74) is 4.88. The fourth-order valence-corrected chi connectivity index (χ4v) is 5.38. The summed E-state index contributed by atoms with van der Waals surface area (Å²) in [6.45, 7) is 10.9. The first-order valence-electron chi connectivity index (χ1n) is 16.8. The molecule has 13 nitrogen and oxygen atoms in total. The Morgan fingerprint density at radius 2 is 1.27 bits per heavy atom. The van der Waals surface area contributed by atoms with Crippen LogP contribution in [-0.2, 0) is 32.0 Å². The van der Waals surface area contributed by atoms with Crippen LogP contribution in [0.1, 0.15) is 52.7 Å². The molecule has 276 valence electrons. The molecule has 4 amide bonds. The maximum Gasteiger partial charge on any atom is 0.407 e. The topological polar surface area (TPSA) is 171 Å². The number of ether oxygens (including phenoxy) is 2. The minimum absolute atomic E-state index is 0.120. The number of aliphatic hydroxyl groups excluding tert-OH is 1. The van der Waals surface area contributed by atoms with Crippen LogP contribution in [0.3, 0.4) is 0 Å². The fourth-order valence-electron chi connectivity index (χ4n) is 5.38. The fraction of sp³-hybridized carbons (Fsp3) is 0.447. The number of rotatable bonds is 14. The lowest BCUT2D eigenvalue weighted by Gasteiger charge is -2.35. The normalized spacial score (nSPS) is 14.0. The molecule has 1 heterocycles. The van der Waals surface area contributed by atoms with Gasteiger partial charge in [0.15, 0.2) is 0 Å². The maximum atomic E-state index is 13.8. The minimum Gasteiger partial charge on any atom is -0.453 e. The number of hydrogen-bond donors (Lipinski definition) is 5. The summed E-state index contributed by atoms with van der Waals surface area (Å²) in [5.74, 6) is -1.03. The van der Waals surface area contributed by atoms with Gasteiger partial charge in [-0.05, 0) is 40.5 Å². The highest BCUT2D eigenvalue weighted by Crippen LogP contribution is 2.23. The van der Waals surface area contributed by atoms with Crippen LogP contribution in [0.15, 0.2) is 79.0 Å². The number of carbonyl (C=O) groups is 4. The second-order valence-electron chi connectivity index (χ2n) is 14.5. The first kappa shape index (κ1) is 40.4. The molecular formula is C38H52N6O7. The molecule has 2 aromatic carbocycles. The Kier molecular flexibility index (Phi) is 14.5. The van der Waals surface area contributed by atoms with Crippen molar-refractivity contribution in [2.24, 2.45) is 10.8 Å². The molecule has 0 saturated heterocycles. The Morgan fingerprint density at radius 1 is 0.725 bits per heavy atom. The number of aromatic nitrogens is 1. The van der Waals surface area contributed by atoms with Crippen LogP contribution in [0.5, 0.6) is 0 Å². The lowest BCUT2D eigenvalue weighted by atomic mass is 9.85. The van der Waals surface area contributed by atoms with Crippen LogP contribution in [0.2, 0.25) is 0 Å². The predicted molar refractivity (Wildman–Crippen MR) is 194 cm³/mol. The Balaban J connectivity index is 1.96. The number of nitrogens with one attached hydrogen (secondary N) is 4. The third kappa shape index (κ3) is 12.7. The van der Waals surface area contributed by atoms with Crippen LogP contribution >= 0.6 is 0 Å². The van der Waals surface area contributed by atoms with E-state index >= 15 is 0 Å². The van der Waals surface area contributed by atoms with Crippen molar-refractivity contribution in [3.63, 3.8) is 0 Å². The molecule has 5 N–H and O–H groups in total. The summed E-state index contributed by atoms with van der Waals surface area (Å²) in [4.78, 5) is 56.3. The van der Waals surface area contributed by atoms with Crippen molar-refractivity contribution < 1.29 is 33.8 Å². The number of benzene rings is 2. The largest absolute Gasteiger partial charge is 0.453 e. The van der Waals surface area contributed by atoms with E-state index in [1.54, 1.807) is 32.0 Å². The van der Waals surface area contributed by atoms with Crippen LogP contribution in [0.25, 0.3) is 11.3 Å². The van der Waals surface area contributed by atoms with Crippen LogP contribution in [-0.4, -0.2) is 84.1 Å². The summed E-state index contributed by atoms with van der Waals surface area (Å²) >= 11 is 0. The van der Waals surface area contributed by atoms with E-state index in [4.69, 9.17) is 9.47 Å². The molecule has 1 aromatic heterocycles. The molecule has 0 aliphatic carbocycles. The van der Waals surface area contributed by atoms with Gasteiger partial charge in [0.25, 0.3) is 5.91 Å². The molecule has 0 unspecified atom stereocenters. The monoisotopic (exact) mass is 704 g/mol. The Labute approximate surface area is 300 Å². The number of amides is 4. The second kappa shape index (κ2) is 18.3. The zero-order chi connectivity index (χ0) is 37.8. The number of hydrogen-bond acceptors (Lipinski definition) is 9. The van der Waals surface area contributed by atoms with E-state index in [2.05, 4.69) is 26.4 Å². The van der Waals surface area contributed by atoms with E-state index in [-0.39, 0.29) is 19.5 Å². The van der Waals surface area contributed by atoms with Gasteiger partial charge < -0.3 is 30.5 Å². The maximum absolute atomic E-state index is 13.8. The average molecular weight is 705 g/mol. The minimum atomic E-state index is -1.22. The molecule has 0 aliphatic rings. The number of aliphatic hydroxyl groups is 1. The van der Waals surface area contributed by atoms with E-state index in [0.29, 0.717) is 0 Å². The van der Waals surface area contributed by atoms with Crippen LogP contribution in [0, 0.1) is 10.8 Å². The van der Waals surface area contributed by atoms with Crippen molar-refractivity contribution in [3.05, 3.63) is 90.1 Å². The van der Waals surface area contributed by atoms with E-state index in [1.165, 1.54) is 14.2 Å². The highest BCUT2D eigenvalue weighted by Gasteiger charge is 2.37. The van der Waals surface area contributed by atoms with Crippen molar-refractivity contribution in [2.45, 2.75) is 78.7 Å². The molecule has 3 aromatic rings. The van der Waals surface area contributed by atoms with Crippen molar-refractivity contribution in [2.75, 3.05) is 20.8 Å². The number of carbonyl (C=O) groups excluding carboxylic acids is 4. The molecule has 4 atom stereocenters. The van der Waals surface area contributed by atoms with E-state index in [0.717, 1.165) is 22.4 Å². The van der Waals surface area contributed by atoms with Crippen molar-refractivity contribution in [1.29, 1.82) is 0 Å². The highest BCUT2D eigenvalue weighted by molar-refractivity contribution is 5.87. The van der Waals surface area contributed by atoms with Gasteiger partial charge >= 0.3 is 12.2 Å². The highest BCUT2D eigenvalue weighted by atomic mass is 16.5. The summed E-state index contributed by atoms with van der Waals surface area (Å²) in [6.07, 6.45) is -0.778. The van der Waals surface area contributed by atoms with Gasteiger partial charge in [0.05, 0.1) is 32.1 Å². The smallest absolute Gasteiger partial charge is 0.407 e. The number of pyridine rings is 1. The summed E-state index contributed by atoms with van der Waals surface area (Å²) in [5, 5.41) is 21.6. The molecule has 0 saturated carbocycles. The molecule has 0 aliphatic heterocycles. The van der Waals surface area contributed by atoms with Crippen LogP contribution in [0.4, 0.5) is 9.59 Å². The van der Waals surface area contributed by atoms with Gasteiger partial charge in [0, 0.05) is 24.8 Å². The lowest BCUT2D eigenvalue weighted by molar-refractivity contribution is -0.132. The van der Waals surface area contributed by atoms with Crippen LogP contribution < -0.4 is 21.4 Å². The van der Waals surface area contributed by atoms with E-state index in [1.807, 2.05) is 93.6 Å². The molecule has 3 rings (SSSR count). The molecule has 0 spiro atoms. The molecule has 0 radical (unpaired) electrons. The van der Waals surface area contributed by atoms with Gasteiger partial charge in [-0.2, -0.15) is 0 Å². The van der Waals surface area contributed by atoms with Gasteiger partial charge in [-0.1, -0.05) is 102 Å². The Hall–Kier alpha value is -5.01. The number of methoxy groups -OCH3 is 2. The second-order valence-corrected chi connectivity index (χ2v) is 14.5. The molecular weight excluding hydrogens is 652 g/mol. The van der Waals surface area contributed by atoms with E-state index < -0.39 is 59.1 Å². The molecule has 0 fully saturated rings. The molecule has 0 bridgehead atoms. The number of hydrazine groups is 1. The van der Waals surface area contributed by atoms with Crippen molar-refractivity contribution in [1.82, 2.24) is 31.4 Å². The summed E-state index contributed by atoms with van der Waals surface area (Å²) < 4.78 is 9.54.